The van der Waals surface area contributed by atoms with E-state index in [1.165, 1.54) is 11.8 Å². The Morgan fingerprint density at radius 2 is 2.25 bits per heavy atom. The topological polar surface area (TPSA) is 98.6 Å². The van der Waals surface area contributed by atoms with Crippen molar-refractivity contribution in [1.82, 2.24) is 9.97 Å². The molecule has 0 saturated carbocycles. The van der Waals surface area contributed by atoms with Gasteiger partial charge in [-0.1, -0.05) is 30.8 Å². The van der Waals surface area contributed by atoms with Gasteiger partial charge < -0.3 is 10.3 Å². The largest absolute Gasteiger partial charge is 0.310 e. The Morgan fingerprint density at radius 1 is 1.42 bits per heavy atom. The number of hydrogen-bond donors (Lipinski definition) is 2. The van der Waals surface area contributed by atoms with E-state index in [1.807, 2.05) is 13.0 Å². The number of fused-ring (bicyclic) bond motifs is 1. The van der Waals surface area contributed by atoms with Crippen LogP contribution >= 0.6 is 11.8 Å². The van der Waals surface area contributed by atoms with Crippen LogP contribution in [0.25, 0.3) is 0 Å². The summed E-state index contributed by atoms with van der Waals surface area (Å²) >= 11 is 1.45. The third kappa shape index (κ3) is 3.19. The number of amides is 1. The lowest BCUT2D eigenvalue weighted by Crippen LogP contribution is -2.31. The van der Waals surface area contributed by atoms with Gasteiger partial charge in [-0.25, -0.2) is 4.98 Å². The van der Waals surface area contributed by atoms with E-state index in [2.05, 4.69) is 21.4 Å². The number of carbonyl (C=O) groups is 1. The Hall–Kier alpha value is -2.59. The predicted octanol–water partition coefficient (Wildman–Crippen LogP) is 2.62. The lowest BCUT2D eigenvalue weighted by Gasteiger charge is -2.24. The van der Waals surface area contributed by atoms with Gasteiger partial charge in [0, 0.05) is 18.1 Å². The summed E-state index contributed by atoms with van der Waals surface area (Å²) in [5.41, 5.74) is 1.47. The number of nitriles is 1. The van der Waals surface area contributed by atoms with Crippen molar-refractivity contribution in [1.29, 1.82) is 5.26 Å². The smallest absolute Gasteiger partial charge is 0.257 e. The molecule has 1 aliphatic rings. The Kier molecular flexibility index (Phi) is 4.67. The summed E-state index contributed by atoms with van der Waals surface area (Å²) in [4.78, 5) is 31.8. The van der Waals surface area contributed by atoms with E-state index >= 15 is 0 Å². The molecule has 1 unspecified atom stereocenters. The maximum atomic E-state index is 12.6. The second-order valence-electron chi connectivity index (χ2n) is 5.52. The molecule has 0 aliphatic carbocycles. The molecular weight excluding hydrogens is 324 g/mol. The Labute approximate surface area is 143 Å². The molecule has 2 heterocycles. The number of anilines is 1. The molecule has 0 bridgehead atoms. The van der Waals surface area contributed by atoms with Crippen LogP contribution in [0, 0.1) is 11.3 Å². The average Bonchev–Trinajstić information content (AvgIpc) is 2.59. The molecule has 6 nitrogen and oxygen atoms in total. The molecule has 0 fully saturated rings. The highest BCUT2D eigenvalue weighted by Gasteiger charge is 2.31. The van der Waals surface area contributed by atoms with Crippen LogP contribution in [0.2, 0.25) is 0 Å². The number of aromatic amines is 1. The molecule has 1 aromatic carbocycles. The molecule has 24 heavy (non-hydrogen) atoms. The number of H-pyrrole nitrogens is 1. The molecule has 1 aliphatic heterocycles. The number of carbonyl (C=O) groups excluding carboxylic acids is 1. The predicted molar refractivity (Wildman–Crippen MR) is 92.1 cm³/mol. The van der Waals surface area contributed by atoms with Crippen molar-refractivity contribution in [2.24, 2.45) is 0 Å². The molecule has 122 valence electrons. The van der Waals surface area contributed by atoms with Crippen LogP contribution in [0.3, 0.4) is 0 Å². The Balaban J connectivity index is 2.08. The summed E-state index contributed by atoms with van der Waals surface area (Å²) in [6.07, 6.45) is 1.12. The lowest BCUT2D eigenvalue weighted by atomic mass is 9.86. The van der Waals surface area contributed by atoms with E-state index in [4.69, 9.17) is 5.26 Å². The lowest BCUT2D eigenvalue weighted by molar-refractivity contribution is -0.116. The third-order valence-electron chi connectivity index (χ3n) is 3.79. The molecule has 7 heteroatoms. The van der Waals surface area contributed by atoms with Gasteiger partial charge >= 0.3 is 0 Å². The van der Waals surface area contributed by atoms with Gasteiger partial charge in [-0.3, -0.25) is 9.59 Å². The van der Waals surface area contributed by atoms with Crippen molar-refractivity contribution in [2.75, 3.05) is 11.1 Å². The van der Waals surface area contributed by atoms with Gasteiger partial charge in [-0.15, -0.1) is 0 Å². The van der Waals surface area contributed by atoms with Crippen LogP contribution < -0.4 is 10.9 Å². The fraction of sp³-hybridized carbons (Fsp3) is 0.294. The molecule has 1 atom stereocenters. The monoisotopic (exact) mass is 340 g/mol. The zero-order valence-electron chi connectivity index (χ0n) is 13.1. The quantitative estimate of drug-likeness (QED) is 0.658. The molecule has 3 rings (SSSR count). The number of nitrogens with one attached hydrogen (secondary N) is 2. The summed E-state index contributed by atoms with van der Waals surface area (Å²) in [5, 5.41) is 12.3. The van der Waals surface area contributed by atoms with E-state index in [1.54, 1.807) is 18.2 Å². The van der Waals surface area contributed by atoms with Gasteiger partial charge in [0.25, 0.3) is 5.56 Å². The first-order chi connectivity index (χ1) is 11.6. The number of rotatable bonds is 4. The second kappa shape index (κ2) is 6.89. The van der Waals surface area contributed by atoms with E-state index in [0.29, 0.717) is 22.1 Å². The number of hydrogen-bond acceptors (Lipinski definition) is 5. The van der Waals surface area contributed by atoms with Crippen molar-refractivity contribution in [3.63, 3.8) is 0 Å². The molecule has 1 aromatic heterocycles. The number of nitrogens with zero attached hydrogens (tertiary/aromatic N) is 2. The Bertz CT molecular complexity index is 885. The van der Waals surface area contributed by atoms with E-state index in [9.17, 15) is 9.59 Å². The average molecular weight is 340 g/mol. The Morgan fingerprint density at radius 3 is 3.00 bits per heavy atom. The molecule has 0 radical (unpaired) electrons. The maximum absolute atomic E-state index is 12.6. The van der Waals surface area contributed by atoms with E-state index in [0.717, 1.165) is 17.7 Å². The van der Waals surface area contributed by atoms with E-state index in [-0.39, 0.29) is 17.9 Å². The fourth-order valence-corrected chi connectivity index (χ4v) is 3.45. The highest BCUT2D eigenvalue weighted by atomic mass is 32.2. The van der Waals surface area contributed by atoms with Crippen LogP contribution in [-0.2, 0) is 4.79 Å². The van der Waals surface area contributed by atoms with Gasteiger partial charge in [0.05, 0.1) is 17.2 Å². The number of thioether (sulfide) groups is 1. The third-order valence-corrected chi connectivity index (χ3v) is 4.87. The first-order valence-electron chi connectivity index (χ1n) is 7.69. The van der Waals surface area contributed by atoms with Crippen LogP contribution in [0.5, 0.6) is 0 Å². The number of benzene rings is 1. The summed E-state index contributed by atoms with van der Waals surface area (Å²) in [6.45, 7) is 2.05. The van der Waals surface area contributed by atoms with Gasteiger partial charge in [-0.2, -0.15) is 5.26 Å². The first kappa shape index (κ1) is 16.3. The summed E-state index contributed by atoms with van der Waals surface area (Å²) < 4.78 is 0. The molecular formula is C17H16N4O2S. The van der Waals surface area contributed by atoms with Crippen LogP contribution in [-0.4, -0.2) is 21.6 Å². The van der Waals surface area contributed by atoms with Crippen molar-refractivity contribution >= 4 is 23.5 Å². The highest BCUT2D eigenvalue weighted by Crippen LogP contribution is 2.34. The second-order valence-corrected chi connectivity index (χ2v) is 6.61. The van der Waals surface area contributed by atoms with E-state index < -0.39 is 5.92 Å². The van der Waals surface area contributed by atoms with Gasteiger partial charge in [0.2, 0.25) is 5.91 Å². The van der Waals surface area contributed by atoms with Crippen molar-refractivity contribution in [3.05, 3.63) is 51.3 Å². The van der Waals surface area contributed by atoms with Gasteiger partial charge in [-0.05, 0) is 24.1 Å². The van der Waals surface area contributed by atoms with Crippen molar-refractivity contribution < 1.29 is 4.79 Å². The fourth-order valence-electron chi connectivity index (χ4n) is 2.73. The SMILES string of the molecule is CCCSc1nc2c(c(=O)[nH]1)C(c1cccc(C#N)c1)CC(=O)N2. The van der Waals surface area contributed by atoms with Crippen molar-refractivity contribution in [2.45, 2.75) is 30.8 Å². The molecule has 2 aromatic rings. The molecule has 2 N–H and O–H groups in total. The molecule has 0 spiro atoms. The maximum Gasteiger partial charge on any atom is 0.257 e. The summed E-state index contributed by atoms with van der Waals surface area (Å²) in [6, 6.07) is 9.08. The normalized spacial score (nSPS) is 16.2. The zero-order chi connectivity index (χ0) is 17.1. The summed E-state index contributed by atoms with van der Waals surface area (Å²) in [5.74, 6) is 0.576. The molecule has 1 amide bonds. The van der Waals surface area contributed by atoms with Gasteiger partial charge in [0.15, 0.2) is 5.16 Å². The highest BCUT2D eigenvalue weighted by molar-refractivity contribution is 7.99. The summed E-state index contributed by atoms with van der Waals surface area (Å²) in [7, 11) is 0. The van der Waals surface area contributed by atoms with Crippen LogP contribution in [0.1, 0.15) is 42.4 Å². The molecule has 0 saturated heterocycles. The minimum atomic E-state index is -0.400. The van der Waals surface area contributed by atoms with Crippen LogP contribution in [0.4, 0.5) is 5.82 Å². The van der Waals surface area contributed by atoms with Crippen molar-refractivity contribution in [3.8, 4) is 6.07 Å². The van der Waals surface area contributed by atoms with Crippen LogP contribution in [0.15, 0.2) is 34.2 Å². The number of aromatic nitrogens is 2. The van der Waals surface area contributed by atoms with Gasteiger partial charge in [0.1, 0.15) is 5.82 Å². The minimum Gasteiger partial charge on any atom is -0.310 e. The first-order valence-corrected chi connectivity index (χ1v) is 8.68. The standard InChI is InChI=1S/C17H16N4O2S/c1-2-6-24-17-20-15-14(16(23)21-17)12(8-13(22)19-15)11-5-3-4-10(7-11)9-18/h3-5,7,12H,2,6,8H2,1H3,(H2,19,20,21,22,23). The zero-order valence-corrected chi connectivity index (χ0v) is 13.9. The minimum absolute atomic E-state index is 0.161.